The molecule has 2 aromatic rings. The maximum atomic E-state index is 6.03. The zero-order chi connectivity index (χ0) is 15.1. The minimum absolute atomic E-state index is 0.249. The molecular formula is C17H26N2O2. The maximum absolute atomic E-state index is 6.03. The van der Waals surface area contributed by atoms with E-state index in [4.69, 9.17) is 15.2 Å². The molecule has 0 amide bonds. The number of benzene rings is 1. The summed E-state index contributed by atoms with van der Waals surface area (Å²) in [4.78, 5) is 0. The van der Waals surface area contributed by atoms with Crippen LogP contribution in [0.15, 0.2) is 30.5 Å². The van der Waals surface area contributed by atoms with Crippen molar-refractivity contribution >= 4 is 10.9 Å². The molecule has 0 fully saturated rings. The van der Waals surface area contributed by atoms with Crippen LogP contribution in [0.2, 0.25) is 0 Å². The third-order valence-electron chi connectivity index (χ3n) is 3.77. The molecule has 0 spiro atoms. The number of hydrogen-bond acceptors (Lipinski definition) is 3. The van der Waals surface area contributed by atoms with E-state index in [9.17, 15) is 0 Å². The molecule has 1 atom stereocenters. The van der Waals surface area contributed by atoms with Crippen LogP contribution in [-0.2, 0) is 22.4 Å². The Bertz CT molecular complexity index is 551. The molecule has 0 aliphatic rings. The van der Waals surface area contributed by atoms with Gasteiger partial charge in [-0.1, -0.05) is 13.0 Å². The molecule has 1 aromatic carbocycles. The first-order chi connectivity index (χ1) is 10.2. The number of ether oxygens (including phenoxy) is 2. The summed E-state index contributed by atoms with van der Waals surface area (Å²) in [6.45, 7) is 4.99. The summed E-state index contributed by atoms with van der Waals surface area (Å²) in [6.07, 6.45) is 4.07. The van der Waals surface area contributed by atoms with Crippen molar-refractivity contribution in [2.24, 2.45) is 5.73 Å². The summed E-state index contributed by atoms with van der Waals surface area (Å²) >= 11 is 0. The standard InChI is InChI=1S/C17H26N2O2/c1-3-16(18)13-14-4-5-17-15(12-14)6-7-19(17)8-9-21-11-10-20-2/h4-7,12,16H,3,8-11,13,18H2,1-2H3. The van der Waals surface area contributed by atoms with Crippen molar-refractivity contribution < 1.29 is 9.47 Å². The van der Waals surface area contributed by atoms with Gasteiger partial charge in [-0.25, -0.2) is 0 Å². The Hall–Kier alpha value is -1.36. The lowest BCUT2D eigenvalue weighted by Gasteiger charge is -2.10. The molecule has 0 radical (unpaired) electrons. The Labute approximate surface area is 126 Å². The Morgan fingerprint density at radius 2 is 2.05 bits per heavy atom. The Morgan fingerprint density at radius 1 is 1.19 bits per heavy atom. The molecule has 4 heteroatoms. The highest BCUT2D eigenvalue weighted by molar-refractivity contribution is 5.80. The lowest BCUT2D eigenvalue weighted by atomic mass is 10.0. The second kappa shape index (κ2) is 8.17. The summed E-state index contributed by atoms with van der Waals surface area (Å²) in [5, 5.41) is 1.27. The molecule has 0 aliphatic carbocycles. The van der Waals surface area contributed by atoms with Gasteiger partial charge in [-0.3, -0.25) is 0 Å². The number of rotatable bonds is 9. The first-order valence-electron chi connectivity index (χ1n) is 7.64. The summed E-state index contributed by atoms with van der Waals surface area (Å²) < 4.78 is 12.7. The van der Waals surface area contributed by atoms with Crippen LogP contribution in [0.4, 0.5) is 0 Å². The number of methoxy groups -OCH3 is 1. The quantitative estimate of drug-likeness (QED) is 0.722. The van der Waals surface area contributed by atoms with E-state index in [1.54, 1.807) is 7.11 Å². The third-order valence-corrected chi connectivity index (χ3v) is 3.77. The minimum atomic E-state index is 0.249. The van der Waals surface area contributed by atoms with Crippen LogP contribution in [0, 0.1) is 0 Å². The Kier molecular flexibility index (Phi) is 6.23. The number of nitrogens with zero attached hydrogens (tertiary/aromatic N) is 1. The summed E-state index contributed by atoms with van der Waals surface area (Å²) in [7, 11) is 1.69. The molecule has 1 heterocycles. The molecule has 0 saturated carbocycles. The van der Waals surface area contributed by atoms with Crippen molar-refractivity contribution in [2.75, 3.05) is 26.9 Å². The highest BCUT2D eigenvalue weighted by Gasteiger charge is 2.05. The molecule has 0 aliphatic heterocycles. The average Bonchev–Trinajstić information content (AvgIpc) is 2.89. The van der Waals surface area contributed by atoms with Gasteiger partial charge in [0.05, 0.1) is 19.8 Å². The van der Waals surface area contributed by atoms with Crippen molar-refractivity contribution in [1.82, 2.24) is 4.57 Å². The van der Waals surface area contributed by atoms with Crippen LogP contribution < -0.4 is 5.73 Å². The van der Waals surface area contributed by atoms with Gasteiger partial charge in [-0.15, -0.1) is 0 Å². The maximum Gasteiger partial charge on any atom is 0.0701 e. The summed E-state index contributed by atoms with van der Waals surface area (Å²) in [5.41, 5.74) is 8.59. The van der Waals surface area contributed by atoms with Gasteiger partial charge in [0.15, 0.2) is 0 Å². The van der Waals surface area contributed by atoms with Gasteiger partial charge in [0, 0.05) is 31.4 Å². The predicted octanol–water partition coefficient (Wildman–Crippen LogP) is 2.58. The molecule has 0 bridgehead atoms. The minimum Gasteiger partial charge on any atom is -0.382 e. The fourth-order valence-electron chi connectivity index (χ4n) is 2.43. The van der Waals surface area contributed by atoms with Crippen molar-refractivity contribution in [3.05, 3.63) is 36.0 Å². The molecule has 0 saturated heterocycles. The number of fused-ring (bicyclic) bond motifs is 1. The van der Waals surface area contributed by atoms with E-state index in [1.165, 1.54) is 16.5 Å². The van der Waals surface area contributed by atoms with Crippen molar-refractivity contribution in [1.29, 1.82) is 0 Å². The van der Waals surface area contributed by atoms with Gasteiger partial charge >= 0.3 is 0 Å². The van der Waals surface area contributed by atoms with Gasteiger partial charge in [0.1, 0.15) is 0 Å². The van der Waals surface area contributed by atoms with E-state index >= 15 is 0 Å². The molecule has 4 nitrogen and oxygen atoms in total. The Morgan fingerprint density at radius 3 is 2.81 bits per heavy atom. The topological polar surface area (TPSA) is 49.4 Å². The van der Waals surface area contributed by atoms with E-state index < -0.39 is 0 Å². The predicted molar refractivity (Wildman–Crippen MR) is 86.6 cm³/mol. The largest absolute Gasteiger partial charge is 0.382 e. The lowest BCUT2D eigenvalue weighted by molar-refractivity contribution is 0.0670. The molecule has 2 rings (SSSR count). The molecule has 1 aromatic heterocycles. The zero-order valence-electron chi connectivity index (χ0n) is 13.0. The fraction of sp³-hybridized carbons (Fsp3) is 0.529. The zero-order valence-corrected chi connectivity index (χ0v) is 13.0. The summed E-state index contributed by atoms with van der Waals surface area (Å²) in [5.74, 6) is 0. The lowest BCUT2D eigenvalue weighted by Crippen LogP contribution is -2.21. The molecule has 2 N–H and O–H groups in total. The van der Waals surface area contributed by atoms with Gasteiger partial charge in [0.2, 0.25) is 0 Å². The molecule has 1 unspecified atom stereocenters. The highest BCUT2D eigenvalue weighted by Crippen LogP contribution is 2.18. The second-order valence-corrected chi connectivity index (χ2v) is 5.38. The van der Waals surface area contributed by atoms with Gasteiger partial charge in [0.25, 0.3) is 0 Å². The van der Waals surface area contributed by atoms with E-state index in [1.807, 2.05) is 0 Å². The first-order valence-corrected chi connectivity index (χ1v) is 7.64. The van der Waals surface area contributed by atoms with Crippen LogP contribution in [0.5, 0.6) is 0 Å². The van der Waals surface area contributed by atoms with Crippen LogP contribution >= 0.6 is 0 Å². The normalized spacial score (nSPS) is 12.9. The Balaban J connectivity index is 1.96. The van der Waals surface area contributed by atoms with Crippen LogP contribution in [-0.4, -0.2) is 37.5 Å². The SMILES string of the molecule is CCC(N)Cc1ccc2c(ccn2CCOCCOC)c1. The van der Waals surface area contributed by atoms with Crippen LogP contribution in [0.25, 0.3) is 10.9 Å². The van der Waals surface area contributed by atoms with Gasteiger partial charge in [-0.2, -0.15) is 0 Å². The molecular weight excluding hydrogens is 264 g/mol. The van der Waals surface area contributed by atoms with Crippen LogP contribution in [0.3, 0.4) is 0 Å². The van der Waals surface area contributed by atoms with Gasteiger partial charge < -0.3 is 19.8 Å². The highest BCUT2D eigenvalue weighted by atomic mass is 16.5. The van der Waals surface area contributed by atoms with Crippen molar-refractivity contribution in [3.63, 3.8) is 0 Å². The van der Waals surface area contributed by atoms with Gasteiger partial charge in [-0.05, 0) is 42.0 Å². The van der Waals surface area contributed by atoms with E-state index in [0.29, 0.717) is 19.8 Å². The van der Waals surface area contributed by atoms with E-state index in [2.05, 4.69) is 42.0 Å². The molecule has 116 valence electrons. The smallest absolute Gasteiger partial charge is 0.0701 e. The fourth-order valence-corrected chi connectivity index (χ4v) is 2.43. The first kappa shape index (κ1) is 16.0. The second-order valence-electron chi connectivity index (χ2n) is 5.38. The molecule has 21 heavy (non-hydrogen) atoms. The third kappa shape index (κ3) is 4.56. The van der Waals surface area contributed by atoms with Crippen LogP contribution in [0.1, 0.15) is 18.9 Å². The number of nitrogens with two attached hydrogens (primary N) is 1. The van der Waals surface area contributed by atoms with E-state index in [0.717, 1.165) is 19.4 Å². The number of hydrogen-bond donors (Lipinski definition) is 1. The monoisotopic (exact) mass is 290 g/mol. The van der Waals surface area contributed by atoms with E-state index in [-0.39, 0.29) is 6.04 Å². The summed E-state index contributed by atoms with van der Waals surface area (Å²) in [6, 6.07) is 9.01. The average molecular weight is 290 g/mol. The van der Waals surface area contributed by atoms with Crippen molar-refractivity contribution in [3.8, 4) is 0 Å². The number of aromatic nitrogens is 1. The van der Waals surface area contributed by atoms with Crippen molar-refractivity contribution in [2.45, 2.75) is 32.4 Å².